The maximum Gasteiger partial charge on any atom is 0.220 e. The molecule has 0 spiro atoms. The molecule has 0 saturated heterocycles. The van der Waals surface area contributed by atoms with E-state index in [1.807, 2.05) is 12.1 Å². The molecule has 0 aliphatic heterocycles. The minimum atomic E-state index is 0.0607. The van der Waals surface area contributed by atoms with Crippen molar-refractivity contribution in [2.45, 2.75) is 129 Å². The number of hydrogen-bond donors (Lipinski definition) is 4. The zero-order valence-corrected chi connectivity index (χ0v) is 27.1. The van der Waals surface area contributed by atoms with Crippen molar-refractivity contribution >= 4 is 11.8 Å². The van der Waals surface area contributed by atoms with Crippen LogP contribution < -0.4 is 20.1 Å². The van der Waals surface area contributed by atoms with E-state index in [-0.39, 0.29) is 23.3 Å². The van der Waals surface area contributed by atoms with Crippen molar-refractivity contribution in [3.8, 4) is 23.0 Å². The van der Waals surface area contributed by atoms with Gasteiger partial charge in [0.05, 0.1) is 14.2 Å². The Balaban J connectivity index is 1.29. The monoisotopic (exact) mass is 612 g/mol. The highest BCUT2D eigenvalue weighted by Crippen LogP contribution is 2.27. The van der Waals surface area contributed by atoms with Crippen molar-refractivity contribution < 1.29 is 29.3 Å². The second-order valence-corrected chi connectivity index (χ2v) is 11.7. The number of aromatic hydroxyl groups is 2. The first-order valence-corrected chi connectivity index (χ1v) is 16.7. The molecule has 8 nitrogen and oxygen atoms in total. The van der Waals surface area contributed by atoms with E-state index in [9.17, 15) is 19.8 Å². The van der Waals surface area contributed by atoms with Crippen molar-refractivity contribution in [3.63, 3.8) is 0 Å². The van der Waals surface area contributed by atoms with E-state index in [1.54, 1.807) is 24.3 Å². The van der Waals surface area contributed by atoms with Crippen molar-refractivity contribution in [2.75, 3.05) is 14.2 Å². The number of carbonyl (C=O) groups is 2. The zero-order valence-electron chi connectivity index (χ0n) is 27.1. The molecule has 0 unspecified atom stereocenters. The van der Waals surface area contributed by atoms with E-state index in [2.05, 4.69) is 10.6 Å². The summed E-state index contributed by atoms with van der Waals surface area (Å²) in [5.74, 6) is 1.16. The molecule has 44 heavy (non-hydrogen) atoms. The van der Waals surface area contributed by atoms with Gasteiger partial charge >= 0.3 is 0 Å². The predicted octanol–water partition coefficient (Wildman–Crippen LogP) is 8.07. The molecule has 4 N–H and O–H groups in total. The van der Waals surface area contributed by atoms with E-state index in [0.717, 1.165) is 36.8 Å². The third-order valence-corrected chi connectivity index (χ3v) is 8.02. The number of rotatable bonds is 25. The molecule has 2 rings (SSSR count). The number of ether oxygens (including phenoxy) is 2. The average molecular weight is 613 g/mol. The van der Waals surface area contributed by atoms with Crippen LogP contribution in [0.4, 0.5) is 0 Å². The number of phenols is 2. The smallest absolute Gasteiger partial charge is 0.220 e. The average Bonchev–Trinajstić information content (AvgIpc) is 3.02. The maximum atomic E-state index is 12.1. The number of nitrogens with one attached hydrogen (secondary N) is 2. The minimum absolute atomic E-state index is 0.0607. The van der Waals surface area contributed by atoms with Gasteiger partial charge in [0.15, 0.2) is 23.0 Å². The van der Waals surface area contributed by atoms with E-state index < -0.39 is 0 Å². The number of benzene rings is 2. The van der Waals surface area contributed by atoms with Gasteiger partial charge in [-0.05, 0) is 48.2 Å². The molecular formula is C36H56N2O6. The molecular weight excluding hydrogens is 556 g/mol. The van der Waals surface area contributed by atoms with Gasteiger partial charge in [0, 0.05) is 25.9 Å². The van der Waals surface area contributed by atoms with E-state index in [0.29, 0.717) is 37.4 Å². The quantitative estimate of drug-likeness (QED) is 0.0843. The van der Waals surface area contributed by atoms with Crippen LogP contribution in [0.2, 0.25) is 0 Å². The largest absolute Gasteiger partial charge is 0.504 e. The summed E-state index contributed by atoms with van der Waals surface area (Å²) < 4.78 is 10.1. The summed E-state index contributed by atoms with van der Waals surface area (Å²) in [6, 6.07) is 10.3. The number of phenolic OH excluding ortho intramolecular Hbond substituents is 2. The first-order valence-electron chi connectivity index (χ1n) is 16.7. The van der Waals surface area contributed by atoms with Crippen LogP contribution in [0.25, 0.3) is 0 Å². The summed E-state index contributed by atoms with van der Waals surface area (Å²) in [5.41, 5.74) is 1.71. The highest BCUT2D eigenvalue weighted by atomic mass is 16.5. The van der Waals surface area contributed by atoms with Gasteiger partial charge in [0.2, 0.25) is 11.8 Å². The summed E-state index contributed by atoms with van der Waals surface area (Å²) in [6.07, 6.45) is 20.6. The Bertz CT molecular complexity index is 1000. The van der Waals surface area contributed by atoms with Gasteiger partial charge in [0.25, 0.3) is 0 Å². The van der Waals surface area contributed by atoms with Gasteiger partial charge in [-0.2, -0.15) is 0 Å². The molecule has 0 saturated carbocycles. The van der Waals surface area contributed by atoms with Gasteiger partial charge in [0.1, 0.15) is 0 Å². The summed E-state index contributed by atoms with van der Waals surface area (Å²) in [7, 11) is 3.03. The number of unbranched alkanes of at least 4 members (excludes halogenated alkanes) is 15. The Kier molecular flexibility index (Phi) is 19.2. The van der Waals surface area contributed by atoms with Crippen LogP contribution in [-0.4, -0.2) is 36.2 Å². The summed E-state index contributed by atoms with van der Waals surface area (Å²) in [5, 5.41) is 25.5. The van der Waals surface area contributed by atoms with Crippen LogP contribution in [0, 0.1) is 0 Å². The first kappa shape index (κ1) is 36.8. The van der Waals surface area contributed by atoms with Crippen molar-refractivity contribution in [1.29, 1.82) is 0 Å². The van der Waals surface area contributed by atoms with Gasteiger partial charge in [-0.25, -0.2) is 0 Å². The molecule has 0 bridgehead atoms. The second-order valence-electron chi connectivity index (χ2n) is 11.7. The van der Waals surface area contributed by atoms with Gasteiger partial charge in [-0.3, -0.25) is 9.59 Å². The molecule has 0 heterocycles. The maximum absolute atomic E-state index is 12.1. The molecule has 2 aromatic rings. The first-order chi connectivity index (χ1) is 21.4. The molecule has 0 aliphatic carbocycles. The standard InChI is InChI=1S/C36H56N2O6/c1-43-33-23-21-29(25-31(33)39)27-37-35(41)19-17-15-13-11-9-7-5-3-4-6-8-10-12-14-16-18-20-36(42)38-28-30-22-24-34(44-2)32(40)26-30/h21-26,39-40H,3-20,27-28H2,1-2H3,(H,37,41)(H,38,42). The Morgan fingerprint density at radius 1 is 0.523 bits per heavy atom. The summed E-state index contributed by atoms with van der Waals surface area (Å²) >= 11 is 0. The van der Waals surface area contributed by atoms with Gasteiger partial charge < -0.3 is 30.3 Å². The molecule has 246 valence electrons. The Morgan fingerprint density at radius 3 is 1.09 bits per heavy atom. The lowest BCUT2D eigenvalue weighted by atomic mass is 10.0. The molecule has 2 amide bonds. The van der Waals surface area contributed by atoms with Crippen LogP contribution in [0.15, 0.2) is 36.4 Å². The van der Waals surface area contributed by atoms with E-state index in [1.165, 1.54) is 91.3 Å². The van der Waals surface area contributed by atoms with Crippen LogP contribution in [0.1, 0.15) is 127 Å². The van der Waals surface area contributed by atoms with Crippen molar-refractivity contribution in [2.24, 2.45) is 0 Å². The van der Waals surface area contributed by atoms with E-state index in [4.69, 9.17) is 9.47 Å². The lowest BCUT2D eigenvalue weighted by Crippen LogP contribution is -2.22. The van der Waals surface area contributed by atoms with Crippen LogP contribution >= 0.6 is 0 Å². The fourth-order valence-electron chi connectivity index (χ4n) is 5.32. The van der Waals surface area contributed by atoms with Gasteiger partial charge in [-0.15, -0.1) is 0 Å². The fraction of sp³-hybridized carbons (Fsp3) is 0.611. The van der Waals surface area contributed by atoms with Crippen molar-refractivity contribution in [3.05, 3.63) is 47.5 Å². The SMILES string of the molecule is COc1ccc(CNC(=O)CCCCCCCCCCCCCCCCCCC(=O)NCc2ccc(OC)c(O)c2)cc1O. The van der Waals surface area contributed by atoms with Crippen LogP contribution in [0.3, 0.4) is 0 Å². The molecule has 0 aromatic heterocycles. The number of amides is 2. The Hall–Kier alpha value is -3.42. The number of carbonyl (C=O) groups excluding carboxylic acids is 2. The highest BCUT2D eigenvalue weighted by molar-refractivity contribution is 5.76. The molecule has 0 atom stereocenters. The normalized spacial score (nSPS) is 10.9. The molecule has 0 fully saturated rings. The third kappa shape index (κ3) is 16.4. The lowest BCUT2D eigenvalue weighted by Gasteiger charge is -2.08. The predicted molar refractivity (Wildman–Crippen MR) is 176 cm³/mol. The molecule has 0 aliphatic rings. The summed E-state index contributed by atoms with van der Waals surface area (Å²) in [4.78, 5) is 24.1. The van der Waals surface area contributed by atoms with Crippen LogP contribution in [0.5, 0.6) is 23.0 Å². The Labute approximate surface area is 264 Å². The van der Waals surface area contributed by atoms with E-state index >= 15 is 0 Å². The fourth-order valence-corrected chi connectivity index (χ4v) is 5.32. The molecule has 0 radical (unpaired) electrons. The number of hydrogen-bond acceptors (Lipinski definition) is 6. The summed E-state index contributed by atoms with van der Waals surface area (Å²) in [6.45, 7) is 0.833. The van der Waals surface area contributed by atoms with Crippen LogP contribution in [-0.2, 0) is 22.7 Å². The molecule has 8 heteroatoms. The van der Waals surface area contributed by atoms with Gasteiger partial charge in [-0.1, -0.05) is 102 Å². The highest BCUT2D eigenvalue weighted by Gasteiger charge is 2.06. The topological polar surface area (TPSA) is 117 Å². The lowest BCUT2D eigenvalue weighted by molar-refractivity contribution is -0.122. The third-order valence-electron chi connectivity index (χ3n) is 8.02. The second kappa shape index (κ2) is 23.0. The molecule has 2 aromatic carbocycles. The number of methoxy groups -OCH3 is 2. The Morgan fingerprint density at radius 2 is 0.818 bits per heavy atom. The van der Waals surface area contributed by atoms with Crippen molar-refractivity contribution in [1.82, 2.24) is 10.6 Å². The zero-order chi connectivity index (χ0) is 31.8. The minimum Gasteiger partial charge on any atom is -0.504 e.